The Morgan fingerprint density at radius 3 is 1.00 bits per heavy atom. The largest absolute Gasteiger partial charge is 0.304 e. The lowest BCUT2D eigenvalue weighted by Crippen LogP contribution is -2.16. The van der Waals surface area contributed by atoms with Crippen molar-refractivity contribution in [3.63, 3.8) is 0 Å². The Morgan fingerprint density at radius 2 is 0.566 bits per heavy atom. The van der Waals surface area contributed by atoms with E-state index in [1.807, 2.05) is 36.8 Å². The number of para-hydroxylation sites is 3. The predicted molar refractivity (Wildman–Crippen MR) is 311 cm³/mol. The van der Waals surface area contributed by atoms with Gasteiger partial charge in [-0.15, -0.1) is 0 Å². The number of hydrogen-bond acceptors (Lipinski definition) is 4. The van der Waals surface area contributed by atoms with Crippen LogP contribution in [0.2, 0.25) is 0 Å². The van der Waals surface area contributed by atoms with E-state index in [0.29, 0.717) is 0 Å². The number of fused-ring (bicyclic) bond motifs is 12. The predicted octanol–water partition coefficient (Wildman–Crippen LogP) is 16.7. The second-order valence-electron chi connectivity index (χ2n) is 19.4. The van der Waals surface area contributed by atoms with Gasteiger partial charge in [-0.3, -0.25) is 24.1 Å². The Balaban J connectivity index is 1.19. The van der Waals surface area contributed by atoms with E-state index in [1.54, 1.807) is 0 Å². The molecule has 0 unspecified atom stereocenters. The van der Waals surface area contributed by atoms with Crippen LogP contribution < -0.4 is 0 Å². The van der Waals surface area contributed by atoms with Gasteiger partial charge in [-0.2, -0.15) is 0 Å². The summed E-state index contributed by atoms with van der Waals surface area (Å²) >= 11 is 0. The number of nitrogens with zero attached hydrogens (tertiary/aromatic N) is 8. The third kappa shape index (κ3) is 6.12. The molecule has 8 heteroatoms. The lowest BCUT2D eigenvalue weighted by Gasteiger charge is -2.26. The Bertz CT molecular complexity index is 4730. The zero-order chi connectivity index (χ0) is 49.8. The minimum atomic E-state index is 0.735. The number of pyridine rings is 4. The van der Waals surface area contributed by atoms with Crippen LogP contribution in [0.1, 0.15) is 0 Å². The molecule has 0 spiro atoms. The summed E-state index contributed by atoms with van der Waals surface area (Å²) in [6, 6.07) is 84.5. The maximum absolute atomic E-state index is 6.36. The van der Waals surface area contributed by atoms with Gasteiger partial charge in [0.05, 0.1) is 60.7 Å². The molecule has 0 saturated heterocycles. The lowest BCUT2D eigenvalue weighted by atomic mass is 10.0. The van der Waals surface area contributed by atoms with Gasteiger partial charge < -0.3 is 9.13 Å². The molecule has 0 aliphatic heterocycles. The second kappa shape index (κ2) is 16.5. The third-order valence-electron chi connectivity index (χ3n) is 15.3. The Kier molecular flexibility index (Phi) is 9.17. The minimum Gasteiger partial charge on any atom is -0.304 e. The highest BCUT2D eigenvalue weighted by atomic mass is 15.2. The van der Waals surface area contributed by atoms with Crippen molar-refractivity contribution in [3.05, 3.63) is 255 Å². The first-order valence-electron chi connectivity index (χ1n) is 25.6. The topological polar surface area (TPSA) is 71.3 Å². The Morgan fingerprint density at radius 1 is 0.237 bits per heavy atom. The first-order valence-corrected chi connectivity index (χ1v) is 25.6. The van der Waals surface area contributed by atoms with E-state index in [-0.39, 0.29) is 0 Å². The minimum absolute atomic E-state index is 0.735. The molecule has 0 saturated carbocycles. The lowest BCUT2D eigenvalue weighted by molar-refractivity contribution is 0.960. The third-order valence-corrected chi connectivity index (χ3v) is 15.3. The van der Waals surface area contributed by atoms with Gasteiger partial charge >= 0.3 is 0 Å². The molecule has 354 valence electrons. The van der Waals surface area contributed by atoms with Crippen LogP contribution in [0.5, 0.6) is 0 Å². The summed E-state index contributed by atoms with van der Waals surface area (Å²) in [6.07, 6.45) is 5.68. The van der Waals surface area contributed by atoms with Crippen molar-refractivity contribution >= 4 is 87.6 Å². The van der Waals surface area contributed by atoms with Crippen molar-refractivity contribution in [2.45, 2.75) is 0 Å². The van der Waals surface area contributed by atoms with Gasteiger partial charge in [0, 0.05) is 51.1 Å². The fourth-order valence-corrected chi connectivity index (χ4v) is 12.1. The van der Waals surface area contributed by atoms with Crippen molar-refractivity contribution in [1.82, 2.24) is 38.2 Å². The molecule has 76 heavy (non-hydrogen) atoms. The van der Waals surface area contributed by atoms with Crippen LogP contribution in [0.3, 0.4) is 0 Å². The molecule has 0 aliphatic carbocycles. The highest BCUT2D eigenvalue weighted by molar-refractivity contribution is 6.15. The van der Waals surface area contributed by atoms with Crippen molar-refractivity contribution in [1.29, 1.82) is 0 Å². The molecule has 16 aromatic rings. The molecule has 0 N–H and O–H groups in total. The molecule has 0 bridgehead atoms. The fraction of sp³-hybridized carbons (Fsp3) is 0. The molecule has 16 rings (SSSR count). The van der Waals surface area contributed by atoms with Crippen LogP contribution >= 0.6 is 0 Å². The van der Waals surface area contributed by atoms with E-state index in [9.17, 15) is 0 Å². The van der Waals surface area contributed by atoms with Gasteiger partial charge in [0.2, 0.25) is 0 Å². The van der Waals surface area contributed by atoms with Crippen LogP contribution in [0.25, 0.3) is 144 Å². The van der Waals surface area contributed by atoms with Crippen molar-refractivity contribution in [2.75, 3.05) is 0 Å². The summed E-state index contributed by atoms with van der Waals surface area (Å²) in [7, 11) is 0. The van der Waals surface area contributed by atoms with Crippen molar-refractivity contribution in [2.24, 2.45) is 0 Å². The average molecular weight is 971 g/mol. The molecule has 8 aromatic carbocycles. The van der Waals surface area contributed by atoms with Crippen LogP contribution in [0.15, 0.2) is 255 Å². The number of hydrogen-bond donors (Lipinski definition) is 0. The zero-order valence-electron chi connectivity index (χ0n) is 40.8. The van der Waals surface area contributed by atoms with E-state index in [1.165, 1.54) is 0 Å². The molecule has 0 atom stereocenters. The number of aromatic nitrogens is 8. The van der Waals surface area contributed by atoms with Gasteiger partial charge in [-0.25, -0.2) is 4.98 Å². The Hall–Kier alpha value is -10.4. The number of rotatable bonds is 7. The van der Waals surface area contributed by atoms with Gasteiger partial charge in [-0.1, -0.05) is 158 Å². The quantitative estimate of drug-likeness (QED) is 0.160. The summed E-state index contributed by atoms with van der Waals surface area (Å²) in [4.78, 5) is 21.7. The normalized spacial score (nSPS) is 11.9. The molecule has 0 radical (unpaired) electrons. The van der Waals surface area contributed by atoms with E-state index in [2.05, 4.69) is 237 Å². The van der Waals surface area contributed by atoms with Gasteiger partial charge in [0.1, 0.15) is 11.4 Å². The summed E-state index contributed by atoms with van der Waals surface area (Å²) in [5.41, 5.74) is 19.0. The molecular formula is C68H42N8. The van der Waals surface area contributed by atoms with Crippen LogP contribution in [0.4, 0.5) is 0 Å². The van der Waals surface area contributed by atoms with Gasteiger partial charge in [0.15, 0.2) is 11.6 Å². The molecular weight excluding hydrogens is 929 g/mol. The molecule has 8 heterocycles. The van der Waals surface area contributed by atoms with Crippen molar-refractivity contribution < 1.29 is 0 Å². The standard InChI is InChI=1S/C68H42N8/c1-4-19-43(20-5-1)46-34-36-56-51(41-46)52-42-47(44-21-6-2-7-22-44)35-37-57(52)75(56)67-65(73-53-28-13-10-25-48(53)62-58(73)31-16-38-69-62)61(45-23-8-3-9-24-45)66(74-54-29-14-11-26-49(54)63-59(74)32-17-39-70-63)68(72-67)76-55-30-15-12-27-50(55)64-60(76)33-18-40-71-64/h1-42H. The Labute approximate surface area is 435 Å². The van der Waals surface area contributed by atoms with E-state index < -0.39 is 0 Å². The highest BCUT2D eigenvalue weighted by Gasteiger charge is 2.33. The number of benzene rings is 8. The molecule has 0 amide bonds. The average Bonchev–Trinajstić information content (AvgIpc) is 4.33. The molecule has 8 aromatic heterocycles. The zero-order valence-corrected chi connectivity index (χ0v) is 40.8. The van der Waals surface area contributed by atoms with E-state index in [0.717, 1.165) is 144 Å². The van der Waals surface area contributed by atoms with Crippen LogP contribution in [0, 0.1) is 0 Å². The first-order chi connectivity index (χ1) is 37.8. The fourth-order valence-electron chi connectivity index (χ4n) is 12.1. The summed E-state index contributed by atoms with van der Waals surface area (Å²) in [6.45, 7) is 0. The van der Waals surface area contributed by atoms with E-state index >= 15 is 0 Å². The SMILES string of the molecule is c1ccc(-c2ccc3c(c2)c2cc(-c4ccccc4)ccc2n3-c2nc(-n3c4ccccc4c4ncccc43)c(-n3c4ccccc4c4ncccc43)c(-c3ccccc3)c2-n2c3ccccc3c3ncccc32)cc1. The summed E-state index contributed by atoms with van der Waals surface area (Å²) in [5.74, 6) is 1.48. The van der Waals surface area contributed by atoms with Gasteiger partial charge in [0.25, 0.3) is 0 Å². The highest BCUT2D eigenvalue weighted by Crippen LogP contribution is 2.49. The second-order valence-corrected chi connectivity index (χ2v) is 19.4. The summed E-state index contributed by atoms with van der Waals surface area (Å²) in [5, 5.41) is 5.36. The smallest absolute Gasteiger partial charge is 0.165 e. The summed E-state index contributed by atoms with van der Waals surface area (Å²) < 4.78 is 9.58. The van der Waals surface area contributed by atoms with Gasteiger partial charge in [-0.05, 0) is 107 Å². The van der Waals surface area contributed by atoms with Crippen LogP contribution in [-0.2, 0) is 0 Å². The monoisotopic (exact) mass is 970 g/mol. The molecule has 0 fully saturated rings. The maximum Gasteiger partial charge on any atom is 0.165 e. The molecule has 0 aliphatic rings. The van der Waals surface area contributed by atoms with E-state index in [4.69, 9.17) is 19.9 Å². The maximum atomic E-state index is 6.36. The molecule has 8 nitrogen and oxygen atoms in total. The first kappa shape index (κ1) is 42.1. The van der Waals surface area contributed by atoms with Crippen molar-refractivity contribution in [3.8, 4) is 56.4 Å². The van der Waals surface area contributed by atoms with Crippen LogP contribution in [-0.4, -0.2) is 38.2 Å².